The molecule has 218 valence electrons. The minimum atomic E-state index is -4.67. The zero-order valence-corrected chi connectivity index (χ0v) is 23.2. The number of nitrogens with zero attached hydrogens (tertiary/aromatic N) is 5. The van der Waals surface area contributed by atoms with Gasteiger partial charge in [-0.25, -0.2) is 4.99 Å². The number of fused-ring (bicyclic) bond motifs is 1. The Hall–Kier alpha value is -4.07. The van der Waals surface area contributed by atoms with E-state index in [1.165, 1.54) is 23.5 Å². The highest BCUT2D eigenvalue weighted by Gasteiger charge is 2.41. The molecule has 2 atom stereocenters. The first kappa shape index (κ1) is 28.5. The number of hydrogen-bond acceptors (Lipinski definition) is 9. The molecule has 0 saturated carbocycles. The quantitative estimate of drug-likeness (QED) is 0.372. The molecule has 2 aromatic heterocycles. The van der Waals surface area contributed by atoms with Gasteiger partial charge in [-0.05, 0) is 25.1 Å². The van der Waals surface area contributed by atoms with Crippen molar-refractivity contribution in [2.24, 2.45) is 4.99 Å². The van der Waals surface area contributed by atoms with E-state index in [-0.39, 0.29) is 34.7 Å². The first-order valence-corrected chi connectivity index (χ1v) is 13.5. The van der Waals surface area contributed by atoms with Crippen molar-refractivity contribution in [3.63, 3.8) is 0 Å². The Morgan fingerprint density at radius 2 is 1.95 bits per heavy atom. The number of benzene rings is 1. The van der Waals surface area contributed by atoms with Crippen LogP contribution in [0.3, 0.4) is 0 Å². The lowest BCUT2D eigenvalue weighted by Gasteiger charge is -2.47. The second-order valence-corrected chi connectivity index (χ2v) is 10.5. The normalized spacial score (nSPS) is 19.1. The zero-order valence-electron chi connectivity index (χ0n) is 22.4. The topological polar surface area (TPSA) is 90.7 Å². The summed E-state index contributed by atoms with van der Waals surface area (Å²) in [5.41, 5.74) is 0.149. The van der Waals surface area contributed by atoms with Crippen molar-refractivity contribution in [1.82, 2.24) is 9.88 Å². The number of thiophene rings is 1. The summed E-state index contributed by atoms with van der Waals surface area (Å²) in [5, 5.41) is 10.7. The minimum absolute atomic E-state index is 0.00878. The fraction of sp³-hybridized carbons (Fsp3) is 0.370. The van der Waals surface area contributed by atoms with Crippen molar-refractivity contribution < 1.29 is 36.9 Å². The molecular weight excluding hydrogens is 566 g/mol. The number of aliphatic imine (C=N–C) groups is 1. The Labute approximate surface area is 237 Å². The molecule has 0 aliphatic carbocycles. The molecule has 1 saturated heterocycles. The summed E-state index contributed by atoms with van der Waals surface area (Å²) < 4.78 is 67.1. The lowest BCUT2D eigenvalue weighted by Crippen LogP contribution is -2.58. The molecule has 0 amide bonds. The van der Waals surface area contributed by atoms with Gasteiger partial charge in [0.2, 0.25) is 11.1 Å². The monoisotopic (exact) mass is 593 g/mol. The fourth-order valence-electron chi connectivity index (χ4n) is 5.24. The van der Waals surface area contributed by atoms with E-state index in [1.807, 2.05) is 17.9 Å². The van der Waals surface area contributed by atoms with Gasteiger partial charge in [0, 0.05) is 42.7 Å². The number of carboxylic acids is 1. The van der Waals surface area contributed by atoms with E-state index in [9.17, 15) is 27.5 Å². The van der Waals surface area contributed by atoms with Crippen molar-refractivity contribution in [2.45, 2.75) is 31.6 Å². The van der Waals surface area contributed by atoms with Gasteiger partial charge in [-0.3, -0.25) is 9.78 Å². The molecule has 0 radical (unpaired) electrons. The van der Waals surface area contributed by atoms with Crippen molar-refractivity contribution in [3.8, 4) is 11.5 Å². The van der Waals surface area contributed by atoms with E-state index < -0.39 is 35.3 Å². The Morgan fingerprint density at radius 1 is 1.17 bits per heavy atom. The van der Waals surface area contributed by atoms with Crippen molar-refractivity contribution in [1.29, 1.82) is 0 Å². The lowest BCUT2D eigenvalue weighted by molar-refractivity contribution is -0.138. The van der Waals surface area contributed by atoms with Gasteiger partial charge in [0.15, 0.2) is 0 Å². The van der Waals surface area contributed by atoms with Gasteiger partial charge in [0.05, 0.1) is 56.0 Å². The third-order valence-electron chi connectivity index (χ3n) is 7.16. The predicted octanol–water partition coefficient (Wildman–Crippen LogP) is 5.55. The van der Waals surface area contributed by atoms with Crippen LogP contribution in [-0.4, -0.2) is 66.8 Å². The number of halogens is 4. The summed E-state index contributed by atoms with van der Waals surface area (Å²) in [7, 11) is 2.86. The smallest absolute Gasteiger partial charge is 0.416 e. The molecular formula is C27H27F4N5O4S. The van der Waals surface area contributed by atoms with Crippen LogP contribution in [0.15, 0.2) is 47.0 Å². The number of anilines is 2. The Morgan fingerprint density at radius 3 is 2.61 bits per heavy atom. The highest BCUT2D eigenvalue weighted by Crippen LogP contribution is 2.47. The van der Waals surface area contributed by atoms with Crippen LogP contribution in [0.25, 0.3) is 0 Å². The van der Waals surface area contributed by atoms with E-state index in [0.717, 1.165) is 29.2 Å². The summed E-state index contributed by atoms with van der Waals surface area (Å²) in [5.74, 6) is -0.370. The number of alkyl halides is 3. The molecule has 9 nitrogen and oxygen atoms in total. The SMILES string of the molecule is COc1cncc(N2CCN(C3=Nc4c(csc4F)[C@@H](CC(=O)O)N3c3cc(C(F)(F)F)ccc3OC)C[C@H]2C)c1. The van der Waals surface area contributed by atoms with Gasteiger partial charge in [0.25, 0.3) is 0 Å². The summed E-state index contributed by atoms with van der Waals surface area (Å²) in [4.78, 5) is 26.2. The number of methoxy groups -OCH3 is 2. The van der Waals surface area contributed by atoms with E-state index in [4.69, 9.17) is 9.47 Å². The molecule has 0 spiro atoms. The number of carbonyl (C=O) groups is 1. The number of piperazine rings is 1. The van der Waals surface area contributed by atoms with Gasteiger partial charge < -0.3 is 29.3 Å². The number of hydrogen-bond donors (Lipinski definition) is 1. The molecule has 2 aliphatic rings. The van der Waals surface area contributed by atoms with Crippen LogP contribution in [0.2, 0.25) is 0 Å². The van der Waals surface area contributed by atoms with Crippen LogP contribution >= 0.6 is 11.3 Å². The van der Waals surface area contributed by atoms with E-state index >= 15 is 0 Å². The van der Waals surface area contributed by atoms with Gasteiger partial charge in [-0.15, -0.1) is 11.3 Å². The van der Waals surface area contributed by atoms with Crippen molar-refractivity contribution >= 4 is 40.3 Å². The number of rotatable bonds is 6. The first-order chi connectivity index (χ1) is 19.5. The second-order valence-electron chi connectivity index (χ2n) is 9.66. The van der Waals surface area contributed by atoms with Gasteiger partial charge >= 0.3 is 12.1 Å². The average Bonchev–Trinajstić information content (AvgIpc) is 3.32. The van der Waals surface area contributed by atoms with Crippen LogP contribution in [0.1, 0.15) is 30.5 Å². The van der Waals surface area contributed by atoms with E-state index in [2.05, 4.69) is 14.9 Å². The molecule has 1 N–H and O–H groups in total. The number of ether oxygens (including phenoxy) is 2. The molecule has 5 rings (SSSR count). The second kappa shape index (κ2) is 11.1. The standard InChI is InChI=1S/C27H27F4N5O4S/c1-15-13-34(6-7-35(15)17-9-18(39-2)12-32-11-17)26-33-24-19(14-41-25(24)28)20(10-23(37)38)36(26)21-8-16(27(29,30)31)4-5-22(21)40-3/h4-5,8-9,11-12,14-15,20H,6-7,10,13H2,1-3H3,(H,37,38)/t15-,20-/m1/s1. The number of carboxylic acid groups (broad SMARTS) is 1. The predicted molar refractivity (Wildman–Crippen MR) is 146 cm³/mol. The van der Waals surface area contributed by atoms with Crippen LogP contribution < -0.4 is 19.3 Å². The number of aliphatic carboxylic acids is 1. The zero-order chi connectivity index (χ0) is 29.5. The number of guanidine groups is 1. The summed E-state index contributed by atoms with van der Waals surface area (Å²) in [6.45, 7) is 3.16. The Bertz CT molecular complexity index is 1480. The van der Waals surface area contributed by atoms with Crippen LogP contribution in [0.4, 0.5) is 34.6 Å². The maximum atomic E-state index is 14.9. The van der Waals surface area contributed by atoms with Crippen LogP contribution in [0, 0.1) is 5.13 Å². The number of pyridine rings is 1. The molecule has 3 aromatic rings. The summed E-state index contributed by atoms with van der Waals surface area (Å²) in [6, 6.07) is 3.69. The molecule has 4 heterocycles. The molecule has 1 fully saturated rings. The fourth-order valence-corrected chi connectivity index (χ4v) is 6.01. The van der Waals surface area contributed by atoms with E-state index in [0.29, 0.717) is 25.4 Å². The Kier molecular flexibility index (Phi) is 7.68. The third kappa shape index (κ3) is 5.47. The Balaban J connectivity index is 1.60. The van der Waals surface area contributed by atoms with E-state index in [1.54, 1.807) is 19.5 Å². The molecule has 0 unspecified atom stereocenters. The highest BCUT2D eigenvalue weighted by atomic mass is 32.1. The van der Waals surface area contributed by atoms with Gasteiger partial charge in [-0.1, -0.05) is 0 Å². The average molecular weight is 594 g/mol. The number of aromatic nitrogens is 1. The molecule has 14 heteroatoms. The maximum Gasteiger partial charge on any atom is 0.416 e. The van der Waals surface area contributed by atoms with Gasteiger partial charge in [0.1, 0.15) is 17.2 Å². The minimum Gasteiger partial charge on any atom is -0.495 e. The molecule has 0 bridgehead atoms. The lowest BCUT2D eigenvalue weighted by atomic mass is 10.00. The van der Waals surface area contributed by atoms with Crippen LogP contribution in [0.5, 0.6) is 11.5 Å². The van der Waals surface area contributed by atoms with Gasteiger partial charge in [-0.2, -0.15) is 17.6 Å². The molecule has 2 aliphatic heterocycles. The summed E-state index contributed by atoms with van der Waals surface area (Å²) >= 11 is 0.766. The first-order valence-electron chi connectivity index (χ1n) is 12.6. The third-order valence-corrected chi connectivity index (χ3v) is 7.93. The van der Waals surface area contributed by atoms with Crippen molar-refractivity contribution in [3.05, 3.63) is 58.3 Å². The highest BCUT2D eigenvalue weighted by molar-refractivity contribution is 7.08. The molecule has 41 heavy (non-hydrogen) atoms. The summed E-state index contributed by atoms with van der Waals surface area (Å²) in [6.07, 6.45) is -1.87. The van der Waals surface area contributed by atoms with Crippen molar-refractivity contribution in [2.75, 3.05) is 43.7 Å². The maximum absolute atomic E-state index is 14.9. The largest absolute Gasteiger partial charge is 0.495 e. The molecule has 1 aromatic carbocycles. The van der Waals surface area contributed by atoms with Crippen LogP contribution in [-0.2, 0) is 11.0 Å².